The maximum absolute atomic E-state index is 15.9. The fraction of sp³-hybridized carbons (Fsp3) is 0.571. The number of ether oxygens (including phenoxy) is 15. The standard InChI is InChI=1S/C91H129NO22SSi3/c1-59(2)117(60(3)4,61(5)6)104-57-73-78(93)82(111-89-86(114-116(17,18)91(13,14)15)84-81(112-90(94)113-84)76(108-89)58-105-118(62(7)8,63(9)10)64(11)12)77(92-115(95,96)71-42-32-23-33-43-71)87(106-73)110-80-75(56-99-51-66-36-26-20-27-37-66)107-88(85(103-53-68-40-30-22-31-41-68)83(80)102-54-69-44-46-70(97-16)47-45-69)109-79-72(101-52-67-38-28-21-29-39-67)48-49-100-74(79)55-98-50-65-34-24-19-25-35-65/h19-49,59-64,72-89,92-93H,50-58H2,1-18H3/t72-,73-,74-,75-,76-,77-,78+,79+,80+,81+,82-,83+,84+,85-,86-,87-,88+,89+/m1/s1. The first-order chi connectivity index (χ1) is 56.3. The van der Waals surface area contributed by atoms with E-state index in [1.807, 2.05) is 152 Å². The zero-order chi connectivity index (χ0) is 84.7. The number of nitrogens with one attached hydrogen (secondary N) is 1. The molecule has 5 aliphatic rings. The van der Waals surface area contributed by atoms with Gasteiger partial charge in [-0.25, -0.2) is 17.9 Å². The summed E-state index contributed by atoms with van der Waals surface area (Å²) in [6.07, 6.45) is -19.2. The first kappa shape index (κ1) is 92.6. The number of aliphatic hydroxyl groups is 1. The van der Waals surface area contributed by atoms with Crippen molar-refractivity contribution in [2.75, 3.05) is 33.5 Å². The van der Waals surface area contributed by atoms with Crippen molar-refractivity contribution in [3.63, 3.8) is 0 Å². The van der Waals surface area contributed by atoms with Gasteiger partial charge >= 0.3 is 6.16 Å². The molecular weight excluding hydrogens is 1580 g/mol. The summed E-state index contributed by atoms with van der Waals surface area (Å²) in [6.45, 7) is 36.6. The summed E-state index contributed by atoms with van der Waals surface area (Å²) < 4.78 is 162. The van der Waals surface area contributed by atoms with Crippen molar-refractivity contribution in [2.45, 2.75) is 304 Å². The summed E-state index contributed by atoms with van der Waals surface area (Å²) in [4.78, 5) is 13.9. The van der Waals surface area contributed by atoms with Crippen LogP contribution in [0.2, 0.25) is 51.4 Å². The van der Waals surface area contributed by atoms with Crippen LogP contribution in [0.4, 0.5) is 4.79 Å². The lowest BCUT2D eigenvalue weighted by atomic mass is 9.94. The zero-order valence-electron chi connectivity index (χ0n) is 72.0. The second-order valence-electron chi connectivity index (χ2n) is 35.0. The van der Waals surface area contributed by atoms with Gasteiger partial charge in [0.05, 0.1) is 77.7 Å². The van der Waals surface area contributed by atoms with E-state index in [1.165, 1.54) is 12.1 Å². The third-order valence-electron chi connectivity index (χ3n) is 24.4. The van der Waals surface area contributed by atoms with Gasteiger partial charge in [-0.05, 0) is 110 Å². The van der Waals surface area contributed by atoms with Crippen LogP contribution < -0.4 is 9.46 Å². The van der Waals surface area contributed by atoms with Crippen LogP contribution in [0.5, 0.6) is 5.75 Å². The fourth-order valence-electron chi connectivity index (χ4n) is 17.4. The van der Waals surface area contributed by atoms with Crippen LogP contribution in [-0.4, -0.2) is 189 Å². The van der Waals surface area contributed by atoms with Crippen molar-refractivity contribution in [1.82, 2.24) is 4.72 Å². The van der Waals surface area contributed by atoms with Crippen LogP contribution in [0.1, 0.15) is 132 Å². The molecule has 0 aliphatic carbocycles. The Morgan fingerprint density at radius 1 is 0.449 bits per heavy atom. The predicted molar refractivity (Wildman–Crippen MR) is 456 cm³/mol. The van der Waals surface area contributed by atoms with Gasteiger partial charge in [0, 0.05) is 0 Å². The molecule has 0 unspecified atom stereocenters. The van der Waals surface area contributed by atoms with Crippen LogP contribution in [0.3, 0.4) is 0 Å². The summed E-state index contributed by atoms with van der Waals surface area (Å²) >= 11 is 0. The first-order valence-electron chi connectivity index (χ1n) is 42.0. The molecule has 5 aliphatic heterocycles. The minimum atomic E-state index is -4.69. The van der Waals surface area contributed by atoms with Gasteiger partial charge in [0.25, 0.3) is 0 Å². The highest BCUT2D eigenvalue weighted by atomic mass is 32.2. The van der Waals surface area contributed by atoms with Crippen molar-refractivity contribution in [1.29, 1.82) is 0 Å². The number of hydrogen-bond acceptors (Lipinski definition) is 22. The summed E-state index contributed by atoms with van der Waals surface area (Å²) in [5, 5.41) is 13.5. The van der Waals surface area contributed by atoms with E-state index in [1.54, 1.807) is 31.6 Å². The number of methoxy groups -OCH3 is 1. The molecule has 118 heavy (non-hydrogen) atoms. The third-order valence-corrected chi connectivity index (χ3v) is 42.5. The molecule has 0 saturated carbocycles. The molecule has 4 fully saturated rings. The van der Waals surface area contributed by atoms with Crippen molar-refractivity contribution in [2.24, 2.45) is 0 Å². The van der Waals surface area contributed by atoms with Gasteiger partial charge in [0.15, 0.2) is 62.1 Å². The summed E-state index contributed by atoms with van der Waals surface area (Å²) in [5.41, 5.74) is 4.92. The largest absolute Gasteiger partial charge is 0.509 e. The van der Waals surface area contributed by atoms with Gasteiger partial charge in [-0.3, -0.25) is 0 Å². The molecule has 0 spiro atoms. The second kappa shape index (κ2) is 41.8. The zero-order valence-corrected chi connectivity index (χ0v) is 75.9. The maximum atomic E-state index is 15.9. The van der Waals surface area contributed by atoms with E-state index < -0.39 is 157 Å². The monoisotopic (exact) mass is 1700 g/mol. The maximum Gasteiger partial charge on any atom is 0.509 e. The SMILES string of the molecule is COc1ccc(CO[C@H]2[C@@H](O[C@H]3O[C@H](CO[Si](C(C)C)(C(C)C)C(C)C)[C@H](O)[C@H](O[C@@H]4O[C@H](CO[Si](C(C)C)(C(C)C)C(C)C)[C@@H]5OC(=O)O[C@@H]5[C@H]4O[Si](C)(C)C(C)(C)C)[C@H]3NS(=O)(=O)c3ccccc3)[C@@H](COCc3ccccc3)O[C@@H](O[C@H]3[C@H](OCc4ccccc4)C=CO[C@@H]3COCc3ccccc3)[C@@H]2OCc2ccccc2)cc1. The highest BCUT2D eigenvalue weighted by Crippen LogP contribution is 2.48. The lowest BCUT2D eigenvalue weighted by Gasteiger charge is -2.52. The van der Waals surface area contributed by atoms with Crippen LogP contribution in [0, 0.1) is 0 Å². The summed E-state index contributed by atoms with van der Waals surface area (Å²) in [7, 11) is -11.6. The Hall–Kier alpha value is -6.11. The average Bonchev–Trinajstić information content (AvgIpc) is 1.30. The Morgan fingerprint density at radius 3 is 1.36 bits per heavy atom. The van der Waals surface area contributed by atoms with Crippen molar-refractivity contribution < 1.29 is 103 Å². The van der Waals surface area contributed by atoms with Crippen molar-refractivity contribution >= 4 is 41.1 Å². The van der Waals surface area contributed by atoms with Gasteiger partial charge in [0.1, 0.15) is 78.9 Å². The molecule has 6 aromatic carbocycles. The Balaban J connectivity index is 1.10. The molecule has 18 atom stereocenters. The predicted octanol–water partition coefficient (Wildman–Crippen LogP) is 16.8. The first-order valence-corrected chi connectivity index (χ1v) is 50.6. The van der Waals surface area contributed by atoms with Gasteiger partial charge in [-0.1, -0.05) is 256 Å². The van der Waals surface area contributed by atoms with E-state index in [9.17, 15) is 9.90 Å². The molecule has 11 rings (SSSR count). The number of sulfonamides is 1. The second-order valence-corrected chi connectivity index (χ2v) is 52.4. The Morgan fingerprint density at radius 2 is 0.864 bits per heavy atom. The lowest BCUT2D eigenvalue weighted by Crippen LogP contribution is -2.71. The molecule has 5 heterocycles. The van der Waals surface area contributed by atoms with E-state index >= 15 is 8.42 Å². The minimum Gasteiger partial charge on any atom is -0.497 e. The Kier molecular flexibility index (Phi) is 32.8. The molecule has 4 saturated heterocycles. The van der Waals surface area contributed by atoms with E-state index in [2.05, 4.69) is 122 Å². The van der Waals surface area contributed by atoms with Gasteiger partial charge in [0.2, 0.25) is 10.0 Å². The molecule has 0 aromatic heterocycles. The Labute approximate surface area is 703 Å². The average molecular weight is 1710 g/mol. The number of aliphatic hydroxyl groups excluding tert-OH is 1. The highest BCUT2D eigenvalue weighted by molar-refractivity contribution is 7.89. The molecule has 6 aromatic rings. The highest BCUT2D eigenvalue weighted by Gasteiger charge is 2.62. The van der Waals surface area contributed by atoms with Gasteiger partial charge in [-0.15, -0.1) is 0 Å². The van der Waals surface area contributed by atoms with Crippen LogP contribution in [0.15, 0.2) is 193 Å². The number of carbonyl (C=O) groups is 1. The van der Waals surface area contributed by atoms with Crippen LogP contribution in [0.25, 0.3) is 0 Å². The molecule has 27 heteroatoms. The number of rotatable bonds is 41. The van der Waals surface area contributed by atoms with Crippen molar-refractivity contribution in [3.05, 3.63) is 216 Å². The van der Waals surface area contributed by atoms with E-state index in [0.29, 0.717) is 5.75 Å². The summed E-state index contributed by atoms with van der Waals surface area (Å²) in [6, 6.07) is 52.7. The fourth-order valence-corrected chi connectivity index (χ4v) is 30.9. The van der Waals surface area contributed by atoms with E-state index in [4.69, 9.17) is 84.3 Å². The topological polar surface area (TPSA) is 250 Å². The number of fused-ring (bicyclic) bond motifs is 1. The number of hydrogen-bond donors (Lipinski definition) is 2. The van der Waals surface area contributed by atoms with Crippen LogP contribution >= 0.6 is 0 Å². The molecule has 2 N–H and O–H groups in total. The molecule has 648 valence electrons. The van der Waals surface area contributed by atoms with Crippen LogP contribution in [-0.2, 0) is 123 Å². The molecule has 0 amide bonds. The smallest absolute Gasteiger partial charge is 0.497 e. The lowest BCUT2D eigenvalue weighted by molar-refractivity contribution is -0.376. The normalized spacial score (nSPS) is 27.2. The minimum absolute atomic E-state index is 0.00486. The third kappa shape index (κ3) is 22.6. The molecule has 0 bridgehead atoms. The van der Waals surface area contributed by atoms with Crippen molar-refractivity contribution in [3.8, 4) is 5.75 Å². The summed E-state index contributed by atoms with van der Waals surface area (Å²) in [5.74, 6) is 0.621. The molecule has 0 radical (unpaired) electrons. The Bertz CT molecular complexity index is 4110. The van der Waals surface area contributed by atoms with Gasteiger partial charge in [-0.2, -0.15) is 0 Å². The quantitative estimate of drug-likeness (QED) is 0.0267. The van der Waals surface area contributed by atoms with E-state index in [0.717, 1.165) is 27.8 Å². The number of carbonyl (C=O) groups excluding carboxylic acids is 1. The molecular formula is C91H129NO22SSi3. The van der Waals surface area contributed by atoms with Gasteiger partial charge < -0.3 is 89.4 Å². The molecule has 23 nitrogen and oxygen atoms in total. The van der Waals surface area contributed by atoms with E-state index in [-0.39, 0.29) is 97.6 Å². The number of benzene rings is 6.